The number of urea groups is 1. The van der Waals surface area contributed by atoms with Crippen LogP contribution in [-0.4, -0.2) is 42.6 Å². The van der Waals surface area contributed by atoms with Crippen LogP contribution in [0, 0.1) is 0 Å². The van der Waals surface area contributed by atoms with Crippen molar-refractivity contribution < 1.29 is 9.53 Å². The molecule has 5 nitrogen and oxygen atoms in total. The van der Waals surface area contributed by atoms with Gasteiger partial charge in [0.25, 0.3) is 0 Å². The minimum absolute atomic E-state index is 0.173. The van der Waals surface area contributed by atoms with Gasteiger partial charge in [0, 0.05) is 14.2 Å². The average Bonchev–Trinajstić information content (AvgIpc) is 2.30. The van der Waals surface area contributed by atoms with Crippen molar-refractivity contribution in [2.45, 2.75) is 25.5 Å². The molecule has 5 heteroatoms. The van der Waals surface area contributed by atoms with Crippen molar-refractivity contribution in [2.75, 3.05) is 14.2 Å². The van der Waals surface area contributed by atoms with Gasteiger partial charge in [-0.15, -0.1) is 0 Å². The Bertz CT molecular complexity index is 264. The van der Waals surface area contributed by atoms with E-state index in [2.05, 4.69) is 4.99 Å². The molecular weight excluding hydrogens is 170 g/mol. The number of hydrogen-bond donors (Lipinski definition) is 1. The Hall–Kier alpha value is -1.10. The third-order valence-corrected chi connectivity index (χ3v) is 2.86. The van der Waals surface area contributed by atoms with E-state index in [1.54, 1.807) is 14.2 Å². The summed E-state index contributed by atoms with van der Waals surface area (Å²) in [6.45, 7) is 3.70. The number of amidine groups is 1. The van der Waals surface area contributed by atoms with Gasteiger partial charge in [0.05, 0.1) is 6.10 Å². The second-order valence-electron chi connectivity index (χ2n) is 3.36. The number of nitrogens with zero attached hydrogens (tertiary/aromatic N) is 2. The van der Waals surface area contributed by atoms with E-state index in [4.69, 9.17) is 10.5 Å². The third kappa shape index (κ3) is 1.19. The first-order valence-corrected chi connectivity index (χ1v) is 4.09. The van der Waals surface area contributed by atoms with Crippen molar-refractivity contribution in [3.05, 3.63) is 0 Å². The zero-order valence-corrected chi connectivity index (χ0v) is 8.37. The molecule has 0 aromatic rings. The monoisotopic (exact) mass is 185 g/mol. The molecular formula is C8H15N3O2. The molecule has 0 saturated carbocycles. The second kappa shape index (κ2) is 2.99. The molecule has 0 fully saturated rings. The van der Waals surface area contributed by atoms with Gasteiger partial charge in [0.15, 0.2) is 0 Å². The van der Waals surface area contributed by atoms with Crippen LogP contribution in [-0.2, 0) is 4.74 Å². The van der Waals surface area contributed by atoms with E-state index in [1.165, 1.54) is 4.90 Å². The molecule has 2 amide bonds. The number of amides is 2. The van der Waals surface area contributed by atoms with Crippen LogP contribution in [0.4, 0.5) is 4.79 Å². The van der Waals surface area contributed by atoms with Crippen LogP contribution in [0.5, 0.6) is 0 Å². The number of carbonyl (C=O) groups excluding carboxylic acids is 1. The summed E-state index contributed by atoms with van der Waals surface area (Å²) in [7, 11) is 3.25. The maximum atomic E-state index is 11.2. The highest BCUT2D eigenvalue weighted by atomic mass is 16.5. The highest BCUT2D eigenvalue weighted by Gasteiger charge is 2.46. The van der Waals surface area contributed by atoms with Crippen LogP contribution in [0.15, 0.2) is 4.99 Å². The number of aliphatic imine (C=N–C) groups is 1. The molecule has 13 heavy (non-hydrogen) atoms. The summed E-state index contributed by atoms with van der Waals surface area (Å²) in [5, 5.41) is 0. The molecule has 0 aromatic heterocycles. The van der Waals surface area contributed by atoms with Gasteiger partial charge in [-0.25, -0.2) is 4.79 Å². The number of nitrogens with two attached hydrogens (primary N) is 1. The van der Waals surface area contributed by atoms with Gasteiger partial charge in [0.2, 0.25) is 0 Å². The Morgan fingerprint density at radius 2 is 2.23 bits per heavy atom. The zero-order chi connectivity index (χ0) is 10.2. The van der Waals surface area contributed by atoms with E-state index in [9.17, 15) is 4.79 Å². The number of methoxy groups -OCH3 is 1. The summed E-state index contributed by atoms with van der Waals surface area (Å²) in [5.41, 5.74) is 5.06. The molecule has 0 aliphatic carbocycles. The van der Waals surface area contributed by atoms with E-state index < -0.39 is 5.54 Å². The molecule has 1 aliphatic rings. The van der Waals surface area contributed by atoms with E-state index in [1.807, 2.05) is 13.8 Å². The summed E-state index contributed by atoms with van der Waals surface area (Å²) in [4.78, 5) is 16.4. The van der Waals surface area contributed by atoms with E-state index in [0.29, 0.717) is 5.84 Å². The Kier molecular flexibility index (Phi) is 2.30. The van der Waals surface area contributed by atoms with Crippen LogP contribution in [0.25, 0.3) is 0 Å². The highest BCUT2D eigenvalue weighted by molar-refractivity contribution is 6.05. The fourth-order valence-corrected chi connectivity index (χ4v) is 1.37. The zero-order valence-electron chi connectivity index (χ0n) is 8.37. The molecule has 2 N–H and O–H groups in total. The van der Waals surface area contributed by atoms with Gasteiger partial charge < -0.3 is 15.4 Å². The fraction of sp³-hybridized carbons (Fsp3) is 0.750. The van der Waals surface area contributed by atoms with Crippen molar-refractivity contribution >= 4 is 11.9 Å². The molecule has 1 rings (SSSR count). The Balaban J connectivity index is 3.03. The van der Waals surface area contributed by atoms with E-state index in [-0.39, 0.29) is 12.1 Å². The predicted molar refractivity (Wildman–Crippen MR) is 49.7 cm³/mol. The average molecular weight is 185 g/mol. The predicted octanol–water partition coefficient (Wildman–Crippen LogP) is 0.203. The van der Waals surface area contributed by atoms with Crippen molar-refractivity contribution in [2.24, 2.45) is 10.7 Å². The highest BCUT2D eigenvalue weighted by Crippen LogP contribution is 2.26. The molecule has 0 bridgehead atoms. The normalized spacial score (nSPS) is 30.6. The number of rotatable bonds is 2. The lowest BCUT2D eigenvalue weighted by Crippen LogP contribution is -2.57. The molecule has 2 atom stereocenters. The molecule has 0 spiro atoms. The summed E-state index contributed by atoms with van der Waals surface area (Å²) < 4.78 is 5.17. The van der Waals surface area contributed by atoms with Gasteiger partial charge in [-0.2, -0.15) is 4.99 Å². The van der Waals surface area contributed by atoms with Gasteiger partial charge in [-0.3, -0.25) is 0 Å². The lowest BCUT2D eigenvalue weighted by atomic mass is 9.94. The minimum atomic E-state index is -0.619. The molecule has 0 radical (unpaired) electrons. The summed E-state index contributed by atoms with van der Waals surface area (Å²) in [6.07, 6.45) is -0.173. The van der Waals surface area contributed by atoms with Crippen molar-refractivity contribution in [1.82, 2.24) is 4.90 Å². The van der Waals surface area contributed by atoms with Crippen LogP contribution < -0.4 is 5.73 Å². The van der Waals surface area contributed by atoms with Crippen molar-refractivity contribution in [1.29, 1.82) is 0 Å². The third-order valence-electron chi connectivity index (χ3n) is 2.86. The fourth-order valence-electron chi connectivity index (χ4n) is 1.37. The molecule has 0 aromatic carbocycles. The van der Waals surface area contributed by atoms with Crippen LogP contribution >= 0.6 is 0 Å². The van der Waals surface area contributed by atoms with Gasteiger partial charge >= 0.3 is 6.03 Å². The van der Waals surface area contributed by atoms with Gasteiger partial charge in [-0.1, -0.05) is 0 Å². The largest absolute Gasteiger partial charge is 0.385 e. The molecule has 0 saturated heterocycles. The second-order valence-corrected chi connectivity index (χ2v) is 3.36. The molecule has 1 aliphatic heterocycles. The Morgan fingerprint density at radius 3 is 2.54 bits per heavy atom. The smallest absolute Gasteiger partial charge is 0.345 e. The molecule has 74 valence electrons. The number of hydrogen-bond acceptors (Lipinski definition) is 3. The topological polar surface area (TPSA) is 67.9 Å². The van der Waals surface area contributed by atoms with Crippen molar-refractivity contribution in [3.63, 3.8) is 0 Å². The maximum Gasteiger partial charge on any atom is 0.345 e. The van der Waals surface area contributed by atoms with Crippen molar-refractivity contribution in [3.8, 4) is 0 Å². The lowest BCUT2D eigenvalue weighted by molar-refractivity contribution is 0.0343. The molecule has 2 unspecified atom stereocenters. The quantitative estimate of drug-likeness (QED) is 0.668. The number of carbonyl (C=O) groups is 1. The van der Waals surface area contributed by atoms with Crippen LogP contribution in [0.3, 0.4) is 0 Å². The molecule has 1 heterocycles. The summed E-state index contributed by atoms with van der Waals surface area (Å²) in [6, 6.07) is -0.316. The van der Waals surface area contributed by atoms with E-state index in [0.717, 1.165) is 0 Å². The lowest BCUT2D eigenvalue weighted by Gasteiger charge is -2.36. The Labute approximate surface area is 77.6 Å². The van der Waals surface area contributed by atoms with Gasteiger partial charge in [0.1, 0.15) is 11.4 Å². The summed E-state index contributed by atoms with van der Waals surface area (Å²) >= 11 is 0. The number of likely N-dealkylation sites (N-methyl/N-ethyl adjacent to an activating group) is 1. The van der Waals surface area contributed by atoms with Crippen LogP contribution in [0.2, 0.25) is 0 Å². The van der Waals surface area contributed by atoms with Gasteiger partial charge in [-0.05, 0) is 13.8 Å². The SMILES string of the molecule is COC(C)C1(C)C(N)=NC(=O)N1C. The Morgan fingerprint density at radius 1 is 1.69 bits per heavy atom. The first kappa shape index (κ1) is 9.98. The standard InChI is InChI=1S/C8H15N3O2/c1-5(13-4)8(2)6(9)10-7(12)11(8)3/h5H,1-4H3,(H2,9,10,12). The first-order valence-electron chi connectivity index (χ1n) is 4.09. The number of ether oxygens (including phenoxy) is 1. The minimum Gasteiger partial charge on any atom is -0.385 e. The summed E-state index contributed by atoms with van der Waals surface area (Å²) in [5.74, 6) is 0.314. The van der Waals surface area contributed by atoms with Crippen LogP contribution in [0.1, 0.15) is 13.8 Å². The first-order chi connectivity index (χ1) is 5.94. The van der Waals surface area contributed by atoms with E-state index >= 15 is 0 Å². The maximum absolute atomic E-state index is 11.2.